The zero-order valence-corrected chi connectivity index (χ0v) is 31.1. The summed E-state index contributed by atoms with van der Waals surface area (Å²) in [4.78, 5) is 0.329. The van der Waals surface area contributed by atoms with E-state index in [-0.39, 0.29) is 28.7 Å². The number of fused-ring (bicyclic) bond motifs is 3. The number of aliphatic hydroxyl groups is 1. The zero-order valence-electron chi connectivity index (χ0n) is 29.4. The van der Waals surface area contributed by atoms with Crippen molar-refractivity contribution in [1.82, 2.24) is 3.97 Å². The van der Waals surface area contributed by atoms with Crippen molar-refractivity contribution in [3.8, 4) is 0 Å². The Morgan fingerprint density at radius 3 is 2.12 bits per heavy atom. The number of aromatic nitrogens is 1. The summed E-state index contributed by atoms with van der Waals surface area (Å²) in [6.07, 6.45) is 3.69. The van der Waals surface area contributed by atoms with Crippen LogP contribution < -0.4 is 4.31 Å². The Labute approximate surface area is 305 Å². The van der Waals surface area contributed by atoms with E-state index in [0.717, 1.165) is 28.5 Å². The quantitative estimate of drug-likeness (QED) is 0.175. The fourth-order valence-corrected chi connectivity index (χ4v) is 14.4. The van der Waals surface area contributed by atoms with Gasteiger partial charge in [-0.3, -0.25) is 0 Å². The van der Waals surface area contributed by atoms with Crippen LogP contribution in [0.3, 0.4) is 0 Å². The van der Waals surface area contributed by atoms with Crippen molar-refractivity contribution < 1.29 is 26.7 Å². The van der Waals surface area contributed by atoms with E-state index in [4.69, 9.17) is 4.74 Å². The summed E-state index contributed by atoms with van der Waals surface area (Å²) < 4.78 is 71.1. The van der Waals surface area contributed by atoms with Crippen molar-refractivity contribution >= 4 is 36.6 Å². The molecule has 4 aliphatic rings. The third kappa shape index (κ3) is 4.15. The highest BCUT2D eigenvalue weighted by Crippen LogP contribution is 2.78. The molecule has 52 heavy (non-hydrogen) atoms. The van der Waals surface area contributed by atoms with E-state index in [1.807, 2.05) is 48.5 Å². The summed E-state index contributed by atoms with van der Waals surface area (Å²) >= 11 is 0. The second-order valence-corrected chi connectivity index (χ2v) is 19.1. The Morgan fingerprint density at radius 2 is 1.42 bits per heavy atom. The first-order valence-corrected chi connectivity index (χ1v) is 20.9. The van der Waals surface area contributed by atoms with Gasteiger partial charge in [-0.2, -0.15) is 0 Å². The highest BCUT2D eigenvalue weighted by molar-refractivity contribution is 7.93. The number of benzene rings is 4. The predicted octanol–water partition coefficient (Wildman–Crippen LogP) is 7.38. The molecule has 1 N–H and O–H groups in total. The molecule has 3 heterocycles. The fraction of sp³-hybridized carbons (Fsp3) is 0.333. The van der Waals surface area contributed by atoms with Gasteiger partial charge in [0.2, 0.25) is 0 Å². The molecule has 0 bridgehead atoms. The summed E-state index contributed by atoms with van der Waals surface area (Å²) in [5.74, 6) is -1.20. The Morgan fingerprint density at radius 1 is 0.808 bits per heavy atom. The molecule has 5 aromatic rings. The molecule has 10 heteroatoms. The van der Waals surface area contributed by atoms with Crippen molar-refractivity contribution in [3.05, 3.63) is 138 Å². The minimum Gasteiger partial charge on any atom is -0.396 e. The van der Waals surface area contributed by atoms with Crippen LogP contribution in [-0.2, 0) is 36.6 Å². The van der Waals surface area contributed by atoms with Gasteiger partial charge in [0.1, 0.15) is 0 Å². The van der Waals surface area contributed by atoms with Gasteiger partial charge in [0.25, 0.3) is 20.0 Å². The van der Waals surface area contributed by atoms with E-state index in [9.17, 15) is 5.11 Å². The summed E-state index contributed by atoms with van der Waals surface area (Å²) in [6, 6.07) is 32.3. The van der Waals surface area contributed by atoms with E-state index in [1.54, 1.807) is 65.0 Å². The number of anilines is 1. The van der Waals surface area contributed by atoms with Crippen LogP contribution in [-0.4, -0.2) is 44.9 Å². The highest BCUT2D eigenvalue weighted by atomic mass is 32.2. The summed E-state index contributed by atoms with van der Waals surface area (Å²) in [7, 11) is -8.39. The van der Waals surface area contributed by atoms with Crippen LogP contribution in [0.4, 0.5) is 5.69 Å². The number of para-hydroxylation sites is 2. The third-order valence-electron chi connectivity index (χ3n) is 12.4. The zero-order chi connectivity index (χ0) is 36.3. The maximum atomic E-state index is 15.2. The molecule has 1 aromatic heterocycles. The van der Waals surface area contributed by atoms with Crippen LogP contribution in [0.5, 0.6) is 0 Å². The largest absolute Gasteiger partial charge is 0.396 e. The number of allylic oxidation sites excluding steroid dienone is 1. The van der Waals surface area contributed by atoms with Gasteiger partial charge in [0.05, 0.1) is 33.0 Å². The number of aliphatic hydroxyl groups excluding tert-OH is 1. The molecule has 4 aromatic carbocycles. The van der Waals surface area contributed by atoms with Crippen LogP contribution in [0.25, 0.3) is 10.9 Å². The van der Waals surface area contributed by atoms with Crippen molar-refractivity contribution in [3.63, 3.8) is 0 Å². The Kier molecular flexibility index (Phi) is 7.36. The molecular formula is C42H42N2O6S2. The van der Waals surface area contributed by atoms with Crippen LogP contribution in [0, 0.1) is 17.3 Å². The monoisotopic (exact) mass is 734 g/mol. The maximum Gasteiger partial charge on any atom is 0.268 e. The molecule has 1 saturated heterocycles. The molecule has 9 rings (SSSR count). The lowest BCUT2D eigenvalue weighted by atomic mass is 9.59. The van der Waals surface area contributed by atoms with E-state index < -0.39 is 48.4 Å². The van der Waals surface area contributed by atoms with Crippen molar-refractivity contribution in [2.45, 2.75) is 66.9 Å². The van der Waals surface area contributed by atoms with Gasteiger partial charge in [-0.25, -0.2) is 25.1 Å². The number of hydrogen-bond acceptors (Lipinski definition) is 6. The normalized spacial score (nSPS) is 27.6. The smallest absolute Gasteiger partial charge is 0.268 e. The number of sulfonamides is 1. The first-order valence-electron chi connectivity index (χ1n) is 18.0. The number of rotatable bonds is 7. The standard InChI is InChI=1S/C42H42N2O6S2/c1-28-26-34-37(40(2,3)27-28)38(39-32(22-24-45)31-18-10-12-20-35(31)43(39)51(46,47)29-14-6-4-7-15-29)41-23-25-50-42(34,41)44(36-21-13-11-19-33(36)41)52(48,49)30-16-8-5-9-17-30/h4-21,26,34,37-38,45H,22-25,27H2,1-3H3/t34-,37+,38+,41-,42-/m0/s1. The minimum atomic E-state index is -4.20. The van der Waals surface area contributed by atoms with Gasteiger partial charge in [-0.05, 0) is 85.0 Å². The third-order valence-corrected chi connectivity index (χ3v) is 15.9. The second kappa shape index (κ2) is 11.4. The Bertz CT molecular complexity index is 2490. The molecule has 2 aliphatic carbocycles. The van der Waals surface area contributed by atoms with Gasteiger partial charge in [0, 0.05) is 29.5 Å². The number of nitrogens with zero attached hydrogens (tertiary/aromatic N) is 2. The topological polar surface area (TPSA) is 106 Å². The molecule has 0 unspecified atom stereocenters. The SMILES string of the molecule is CC1=C[C@H]2[C@H]([C@H](c3c(CCO)c4ccccc4n3S(=O)(=O)c3ccccc3)[C@@]34CCO[C@@]23N(S(=O)(=O)c2ccccc2)c2ccccc24)C(C)(C)C1. The Balaban J connectivity index is 1.46. The fourth-order valence-electron chi connectivity index (χ4n) is 11.0. The average Bonchev–Trinajstić information content (AvgIpc) is 3.81. The van der Waals surface area contributed by atoms with Crippen molar-refractivity contribution in [2.75, 3.05) is 17.5 Å². The first kappa shape index (κ1) is 33.6. The number of hydrogen-bond donors (Lipinski definition) is 1. The lowest BCUT2D eigenvalue weighted by Gasteiger charge is -2.47. The van der Waals surface area contributed by atoms with Crippen LogP contribution in [0.2, 0.25) is 0 Å². The van der Waals surface area contributed by atoms with Crippen molar-refractivity contribution in [1.29, 1.82) is 0 Å². The summed E-state index contributed by atoms with van der Waals surface area (Å²) in [5.41, 5.74) is 1.68. The highest BCUT2D eigenvalue weighted by Gasteiger charge is 2.82. The van der Waals surface area contributed by atoms with Crippen LogP contribution in [0.1, 0.15) is 56.4 Å². The minimum absolute atomic E-state index is 0.160. The molecule has 1 saturated carbocycles. The van der Waals surface area contributed by atoms with Gasteiger partial charge < -0.3 is 9.84 Å². The van der Waals surface area contributed by atoms with Gasteiger partial charge in [-0.15, -0.1) is 0 Å². The number of ether oxygens (including phenoxy) is 1. The average molecular weight is 735 g/mol. The van der Waals surface area contributed by atoms with E-state index in [2.05, 4.69) is 26.8 Å². The van der Waals surface area contributed by atoms with Crippen LogP contribution in [0.15, 0.2) is 131 Å². The second-order valence-electron chi connectivity index (χ2n) is 15.5. The molecule has 0 radical (unpaired) electrons. The van der Waals surface area contributed by atoms with Gasteiger partial charge in [0.15, 0.2) is 5.72 Å². The Hall–Kier alpha value is -4.22. The molecular weight excluding hydrogens is 693 g/mol. The van der Waals surface area contributed by atoms with E-state index in [1.165, 1.54) is 3.97 Å². The van der Waals surface area contributed by atoms with Crippen molar-refractivity contribution in [2.24, 2.45) is 17.3 Å². The molecule has 0 spiro atoms. The maximum absolute atomic E-state index is 15.2. The van der Waals surface area contributed by atoms with E-state index >= 15 is 16.8 Å². The lowest BCUT2D eigenvalue weighted by Crippen LogP contribution is -2.60. The summed E-state index contributed by atoms with van der Waals surface area (Å²) in [5, 5.41) is 11.4. The molecule has 2 aliphatic heterocycles. The van der Waals surface area contributed by atoms with Gasteiger partial charge >= 0.3 is 0 Å². The molecule has 0 amide bonds. The molecule has 2 fully saturated rings. The predicted molar refractivity (Wildman–Crippen MR) is 201 cm³/mol. The molecule has 8 nitrogen and oxygen atoms in total. The molecule has 5 atom stereocenters. The first-order chi connectivity index (χ1) is 24.9. The van der Waals surface area contributed by atoms with Crippen LogP contribution >= 0.6 is 0 Å². The lowest BCUT2D eigenvalue weighted by molar-refractivity contribution is -0.0406. The molecule has 268 valence electrons. The van der Waals surface area contributed by atoms with E-state index in [0.29, 0.717) is 29.9 Å². The summed E-state index contributed by atoms with van der Waals surface area (Å²) in [6.45, 7) is 6.67. The van der Waals surface area contributed by atoms with Gasteiger partial charge in [-0.1, -0.05) is 98.3 Å².